The molecule has 1 rings (SSSR count). The second kappa shape index (κ2) is 5.43. The number of rotatable bonds is 5. The molecule has 0 unspecified atom stereocenters. The number of carboxylic acids is 1. The van der Waals surface area contributed by atoms with Crippen LogP contribution >= 0.6 is 0 Å². The minimum atomic E-state index is -1.57. The molecule has 84 valence electrons. The molecule has 0 aliphatic heterocycles. The molecule has 0 radical (unpaired) electrons. The predicted octanol–water partition coefficient (Wildman–Crippen LogP) is -0.586. The molecule has 0 bridgehead atoms. The van der Waals surface area contributed by atoms with E-state index in [1.54, 1.807) is 0 Å². The molecule has 0 aromatic heterocycles. The van der Waals surface area contributed by atoms with Gasteiger partial charge in [0.1, 0.15) is 0 Å². The minimum absolute atomic E-state index is 0.0592. The molecule has 0 fully saturated rings. The van der Waals surface area contributed by atoms with Gasteiger partial charge in [0, 0.05) is 12.0 Å². The smallest absolute Gasteiger partial charge is 0.481 e. The van der Waals surface area contributed by atoms with Gasteiger partial charge in [-0.15, -0.1) is 0 Å². The molecule has 1 aromatic carbocycles. The Balaban J connectivity index is 2.66. The summed E-state index contributed by atoms with van der Waals surface area (Å²) < 4.78 is 0. The summed E-state index contributed by atoms with van der Waals surface area (Å²) >= 11 is 0. The molecular weight excluding hydrogens is 211 g/mol. The molecule has 0 saturated carbocycles. The van der Waals surface area contributed by atoms with Crippen LogP contribution in [0.1, 0.15) is 23.2 Å². The van der Waals surface area contributed by atoms with Crippen LogP contribution in [0.2, 0.25) is 0 Å². The van der Waals surface area contributed by atoms with Crippen LogP contribution in [0.5, 0.6) is 0 Å². The third-order valence-electron chi connectivity index (χ3n) is 2.10. The number of carbonyl (C=O) groups excluding carboxylic acids is 1. The fourth-order valence-corrected chi connectivity index (χ4v) is 1.21. The van der Waals surface area contributed by atoms with Crippen molar-refractivity contribution in [2.75, 3.05) is 0 Å². The van der Waals surface area contributed by atoms with E-state index in [2.05, 4.69) is 0 Å². The quantitative estimate of drug-likeness (QED) is 0.457. The number of carboxylic acid groups (broad SMARTS) is 1. The standard InChI is InChI=1S/C10H11BO5/c12-9(5-6-10(13)14)7-1-3-8(4-2-7)11(15)16/h1-4,15-16H,5-6H2,(H,13,14). The molecular formula is C10H11BO5. The lowest BCUT2D eigenvalue weighted by Crippen LogP contribution is -2.29. The Morgan fingerprint density at radius 2 is 1.62 bits per heavy atom. The molecule has 0 saturated heterocycles. The number of carbonyl (C=O) groups is 2. The van der Waals surface area contributed by atoms with Crippen LogP contribution in [0.4, 0.5) is 0 Å². The molecule has 0 heterocycles. The fraction of sp³-hybridized carbons (Fsp3) is 0.200. The lowest BCUT2D eigenvalue weighted by molar-refractivity contribution is -0.136. The van der Waals surface area contributed by atoms with Crippen LogP contribution in [0.15, 0.2) is 24.3 Å². The first-order valence-electron chi connectivity index (χ1n) is 4.72. The van der Waals surface area contributed by atoms with Crippen molar-refractivity contribution in [1.82, 2.24) is 0 Å². The SMILES string of the molecule is O=C(O)CCC(=O)c1ccc(B(O)O)cc1. The second-order valence-electron chi connectivity index (χ2n) is 3.31. The van der Waals surface area contributed by atoms with Crippen LogP contribution in [0.25, 0.3) is 0 Å². The van der Waals surface area contributed by atoms with Gasteiger partial charge in [0.2, 0.25) is 0 Å². The van der Waals surface area contributed by atoms with Gasteiger partial charge in [0.05, 0.1) is 6.42 Å². The molecule has 0 spiro atoms. The van der Waals surface area contributed by atoms with Gasteiger partial charge in [-0.05, 0) is 5.46 Å². The van der Waals surface area contributed by atoms with Crippen LogP contribution in [-0.4, -0.2) is 34.0 Å². The molecule has 0 aliphatic rings. The molecule has 0 atom stereocenters. The number of hydrogen-bond acceptors (Lipinski definition) is 4. The summed E-state index contributed by atoms with van der Waals surface area (Å²) in [6, 6.07) is 5.72. The maximum atomic E-state index is 11.4. The highest BCUT2D eigenvalue weighted by molar-refractivity contribution is 6.58. The first kappa shape index (κ1) is 12.4. The molecule has 5 nitrogen and oxygen atoms in total. The summed E-state index contributed by atoms with van der Waals surface area (Å²) in [5, 5.41) is 26.1. The van der Waals surface area contributed by atoms with Crippen LogP contribution in [-0.2, 0) is 4.79 Å². The highest BCUT2D eigenvalue weighted by Crippen LogP contribution is 2.04. The van der Waals surface area contributed by atoms with Gasteiger partial charge in [-0.1, -0.05) is 24.3 Å². The number of benzene rings is 1. The first-order chi connectivity index (χ1) is 7.50. The van der Waals surface area contributed by atoms with Gasteiger partial charge in [0.15, 0.2) is 5.78 Å². The van der Waals surface area contributed by atoms with Crippen molar-refractivity contribution in [1.29, 1.82) is 0 Å². The van der Waals surface area contributed by atoms with Gasteiger partial charge in [-0.3, -0.25) is 9.59 Å². The predicted molar refractivity (Wildman–Crippen MR) is 57.5 cm³/mol. The zero-order valence-electron chi connectivity index (χ0n) is 8.46. The van der Waals surface area contributed by atoms with E-state index in [4.69, 9.17) is 15.2 Å². The molecule has 0 amide bonds. The van der Waals surface area contributed by atoms with Gasteiger partial charge in [-0.2, -0.15) is 0 Å². The topological polar surface area (TPSA) is 94.8 Å². The third-order valence-corrected chi connectivity index (χ3v) is 2.10. The highest BCUT2D eigenvalue weighted by Gasteiger charge is 2.12. The van der Waals surface area contributed by atoms with Gasteiger partial charge in [0.25, 0.3) is 0 Å². The summed E-state index contributed by atoms with van der Waals surface area (Å²) in [4.78, 5) is 21.7. The van der Waals surface area contributed by atoms with Crippen molar-refractivity contribution in [3.05, 3.63) is 29.8 Å². The molecule has 1 aromatic rings. The maximum absolute atomic E-state index is 11.4. The van der Waals surface area contributed by atoms with Crippen molar-refractivity contribution in [3.63, 3.8) is 0 Å². The Morgan fingerprint density at radius 1 is 1.06 bits per heavy atom. The van der Waals surface area contributed by atoms with E-state index in [1.165, 1.54) is 24.3 Å². The fourth-order valence-electron chi connectivity index (χ4n) is 1.21. The maximum Gasteiger partial charge on any atom is 0.488 e. The largest absolute Gasteiger partial charge is 0.488 e. The monoisotopic (exact) mass is 222 g/mol. The Kier molecular flexibility index (Phi) is 4.22. The summed E-state index contributed by atoms with van der Waals surface area (Å²) in [5.74, 6) is -1.29. The first-order valence-corrected chi connectivity index (χ1v) is 4.72. The summed E-state index contributed by atoms with van der Waals surface area (Å²) in [6.07, 6.45) is -0.264. The molecule has 0 aliphatic carbocycles. The van der Waals surface area contributed by atoms with Gasteiger partial charge < -0.3 is 15.2 Å². The molecule has 16 heavy (non-hydrogen) atoms. The van der Waals surface area contributed by atoms with Crippen LogP contribution in [0.3, 0.4) is 0 Å². The van der Waals surface area contributed by atoms with Crippen molar-refractivity contribution in [3.8, 4) is 0 Å². The van der Waals surface area contributed by atoms with Crippen molar-refractivity contribution in [2.45, 2.75) is 12.8 Å². The van der Waals surface area contributed by atoms with E-state index in [0.29, 0.717) is 5.56 Å². The van der Waals surface area contributed by atoms with Crippen molar-refractivity contribution in [2.24, 2.45) is 0 Å². The lowest BCUT2D eigenvalue weighted by Gasteiger charge is -2.01. The lowest BCUT2D eigenvalue weighted by atomic mass is 9.80. The van der Waals surface area contributed by atoms with E-state index in [0.717, 1.165) is 0 Å². The molecule has 6 heteroatoms. The average molecular weight is 222 g/mol. The van der Waals surface area contributed by atoms with E-state index in [1.807, 2.05) is 0 Å². The van der Waals surface area contributed by atoms with E-state index in [-0.39, 0.29) is 24.1 Å². The normalized spacial score (nSPS) is 9.88. The highest BCUT2D eigenvalue weighted by atomic mass is 16.4. The van der Waals surface area contributed by atoms with Gasteiger partial charge >= 0.3 is 13.1 Å². The minimum Gasteiger partial charge on any atom is -0.481 e. The van der Waals surface area contributed by atoms with Crippen LogP contribution in [0, 0.1) is 0 Å². The number of Topliss-reactive ketones (excluding diaryl/α,β-unsaturated/α-hetero) is 1. The van der Waals surface area contributed by atoms with E-state index in [9.17, 15) is 9.59 Å². The Hall–Kier alpha value is -1.66. The Bertz CT molecular complexity index is 385. The Morgan fingerprint density at radius 3 is 2.06 bits per heavy atom. The zero-order chi connectivity index (χ0) is 12.1. The summed E-state index contributed by atoms with van der Waals surface area (Å²) in [6.45, 7) is 0. The number of aliphatic carboxylic acids is 1. The number of hydrogen-bond donors (Lipinski definition) is 3. The zero-order valence-corrected chi connectivity index (χ0v) is 8.46. The third kappa shape index (κ3) is 3.49. The Labute approximate surface area is 92.5 Å². The summed E-state index contributed by atoms with van der Waals surface area (Å²) in [7, 11) is -1.57. The van der Waals surface area contributed by atoms with E-state index >= 15 is 0 Å². The summed E-state index contributed by atoms with van der Waals surface area (Å²) in [5.41, 5.74) is 0.653. The number of ketones is 1. The van der Waals surface area contributed by atoms with Crippen LogP contribution < -0.4 is 5.46 Å². The van der Waals surface area contributed by atoms with Crippen molar-refractivity contribution < 1.29 is 24.7 Å². The van der Waals surface area contributed by atoms with Gasteiger partial charge in [-0.25, -0.2) is 0 Å². The second-order valence-corrected chi connectivity index (χ2v) is 3.31. The average Bonchev–Trinajstić information content (AvgIpc) is 2.26. The van der Waals surface area contributed by atoms with Crippen molar-refractivity contribution >= 4 is 24.3 Å². The van der Waals surface area contributed by atoms with E-state index < -0.39 is 13.1 Å². The molecule has 3 N–H and O–H groups in total.